The van der Waals surface area contributed by atoms with Crippen molar-refractivity contribution in [3.8, 4) is 0 Å². The van der Waals surface area contributed by atoms with Crippen LogP contribution in [0.15, 0.2) is 30.3 Å². The fourth-order valence-corrected chi connectivity index (χ4v) is 6.91. The first-order valence-corrected chi connectivity index (χ1v) is 10.7. The topological polar surface area (TPSA) is 46.3 Å². The van der Waals surface area contributed by atoms with Crippen LogP contribution >= 0.6 is 0 Å². The number of benzene rings is 2. The molecule has 0 amide bonds. The zero-order valence-corrected chi connectivity index (χ0v) is 14.2. The second-order valence-corrected chi connectivity index (χ2v) is 11.3. The summed E-state index contributed by atoms with van der Waals surface area (Å²) in [6.45, 7) is 5.67. The van der Waals surface area contributed by atoms with Gasteiger partial charge in [0.15, 0.2) is 5.78 Å². The van der Waals surface area contributed by atoms with E-state index in [9.17, 15) is 4.79 Å². The molecule has 0 fully saturated rings. The predicted molar refractivity (Wildman–Crippen MR) is 94.5 cm³/mol. The van der Waals surface area contributed by atoms with E-state index in [1.165, 1.54) is 21.6 Å². The third kappa shape index (κ3) is 1.64. The summed E-state index contributed by atoms with van der Waals surface area (Å²) in [4.78, 5) is 15.2. The molecule has 2 aromatic carbocycles. The van der Waals surface area contributed by atoms with Crippen molar-refractivity contribution >= 4 is 35.6 Å². The van der Waals surface area contributed by atoms with Crippen LogP contribution in [0.3, 0.4) is 0 Å². The Morgan fingerprint density at radius 3 is 2.59 bits per heavy atom. The van der Waals surface area contributed by atoms with Gasteiger partial charge in [0.2, 0.25) is 0 Å². The van der Waals surface area contributed by atoms with Crippen LogP contribution in [0.5, 0.6) is 0 Å². The van der Waals surface area contributed by atoms with Gasteiger partial charge in [-0.3, -0.25) is 4.79 Å². The molecule has 2 aromatic rings. The SMILES string of the molecule is CN1CCc2cc3c(cc21)[Si](C)(C)c1cc(N)ccc1C3=O. The second-order valence-electron chi connectivity index (χ2n) is 6.96. The van der Waals surface area contributed by atoms with Crippen LogP contribution in [-0.4, -0.2) is 27.4 Å². The highest BCUT2D eigenvalue weighted by Gasteiger charge is 2.39. The summed E-state index contributed by atoms with van der Waals surface area (Å²) in [6, 6.07) is 10.2. The Bertz CT molecular complexity index is 826. The molecule has 0 saturated heterocycles. The van der Waals surface area contributed by atoms with Gasteiger partial charge in [-0.25, -0.2) is 0 Å². The number of nitrogens with two attached hydrogens (primary N) is 1. The molecule has 3 nitrogen and oxygen atoms in total. The number of hydrogen-bond donors (Lipinski definition) is 1. The second kappa shape index (κ2) is 4.23. The van der Waals surface area contributed by atoms with E-state index in [0.29, 0.717) is 0 Å². The fourth-order valence-electron chi connectivity index (χ4n) is 3.87. The molecule has 0 aliphatic carbocycles. The first-order chi connectivity index (χ1) is 10.4. The van der Waals surface area contributed by atoms with Gasteiger partial charge in [-0.1, -0.05) is 13.1 Å². The summed E-state index contributed by atoms with van der Waals surface area (Å²) in [5.41, 5.74) is 11.1. The quantitative estimate of drug-likeness (QED) is 0.594. The fraction of sp³-hybridized carbons (Fsp3) is 0.278. The molecule has 112 valence electrons. The number of ketones is 1. The Hall–Kier alpha value is -2.07. The number of anilines is 2. The van der Waals surface area contributed by atoms with Gasteiger partial charge in [0.05, 0.1) is 0 Å². The van der Waals surface area contributed by atoms with E-state index in [-0.39, 0.29) is 5.78 Å². The van der Waals surface area contributed by atoms with Crippen molar-refractivity contribution < 1.29 is 4.79 Å². The smallest absolute Gasteiger partial charge is 0.192 e. The van der Waals surface area contributed by atoms with Crippen LogP contribution in [0.1, 0.15) is 21.5 Å². The number of likely N-dealkylation sites (N-methyl/N-ethyl adjacent to an activating group) is 1. The predicted octanol–water partition coefficient (Wildman–Crippen LogP) is 1.63. The molecule has 0 unspecified atom stereocenters. The lowest BCUT2D eigenvalue weighted by molar-refractivity contribution is 0.104. The summed E-state index contributed by atoms with van der Waals surface area (Å²) in [5.74, 6) is 0.161. The monoisotopic (exact) mass is 308 g/mol. The average molecular weight is 308 g/mol. The summed E-state index contributed by atoms with van der Waals surface area (Å²) in [5, 5.41) is 2.42. The third-order valence-corrected chi connectivity index (χ3v) is 8.75. The molecule has 0 aromatic heterocycles. The maximum absolute atomic E-state index is 13.0. The molecule has 0 spiro atoms. The highest BCUT2D eigenvalue weighted by molar-refractivity contribution is 7.02. The van der Waals surface area contributed by atoms with Crippen LogP contribution < -0.4 is 21.0 Å². The molecule has 0 bridgehead atoms. The zero-order chi connectivity index (χ0) is 15.6. The Morgan fingerprint density at radius 1 is 1.09 bits per heavy atom. The van der Waals surface area contributed by atoms with E-state index in [4.69, 9.17) is 5.73 Å². The Labute approximate surface area is 131 Å². The third-order valence-electron chi connectivity index (χ3n) is 5.23. The summed E-state index contributed by atoms with van der Waals surface area (Å²) in [7, 11) is 0.223. The highest BCUT2D eigenvalue weighted by Crippen LogP contribution is 2.31. The van der Waals surface area contributed by atoms with Gasteiger partial charge < -0.3 is 10.6 Å². The molecule has 0 saturated carbocycles. The lowest BCUT2D eigenvalue weighted by Crippen LogP contribution is -2.59. The highest BCUT2D eigenvalue weighted by atomic mass is 28.3. The number of rotatable bonds is 0. The van der Waals surface area contributed by atoms with E-state index >= 15 is 0 Å². The lowest BCUT2D eigenvalue weighted by Gasteiger charge is -2.33. The van der Waals surface area contributed by atoms with Crippen LogP contribution in [0.25, 0.3) is 0 Å². The minimum absolute atomic E-state index is 0.161. The molecular weight excluding hydrogens is 288 g/mol. The molecule has 22 heavy (non-hydrogen) atoms. The molecule has 0 radical (unpaired) electrons. The van der Waals surface area contributed by atoms with E-state index in [1.807, 2.05) is 18.2 Å². The zero-order valence-electron chi connectivity index (χ0n) is 13.2. The van der Waals surface area contributed by atoms with Crippen molar-refractivity contribution in [3.05, 3.63) is 47.0 Å². The van der Waals surface area contributed by atoms with E-state index in [0.717, 1.165) is 29.8 Å². The maximum atomic E-state index is 13.0. The van der Waals surface area contributed by atoms with Crippen LogP contribution in [0.2, 0.25) is 13.1 Å². The number of hydrogen-bond acceptors (Lipinski definition) is 3. The normalized spacial score (nSPS) is 18.0. The molecule has 4 heteroatoms. The van der Waals surface area contributed by atoms with E-state index in [2.05, 4.69) is 37.2 Å². The van der Waals surface area contributed by atoms with Crippen LogP contribution in [0.4, 0.5) is 11.4 Å². The molecule has 4 rings (SSSR count). The average Bonchev–Trinajstić information content (AvgIpc) is 2.85. The maximum Gasteiger partial charge on any atom is 0.192 e. The van der Waals surface area contributed by atoms with Gasteiger partial charge in [0, 0.05) is 36.1 Å². The van der Waals surface area contributed by atoms with E-state index in [1.54, 1.807) is 0 Å². The molecule has 2 aliphatic heterocycles. The number of carbonyl (C=O) groups is 1. The Balaban J connectivity index is 2.02. The van der Waals surface area contributed by atoms with Crippen molar-refractivity contribution in [1.29, 1.82) is 0 Å². The lowest BCUT2D eigenvalue weighted by atomic mass is 9.99. The van der Waals surface area contributed by atoms with Gasteiger partial charge in [0.1, 0.15) is 8.07 Å². The van der Waals surface area contributed by atoms with Crippen molar-refractivity contribution in [1.82, 2.24) is 0 Å². The Kier molecular flexibility index (Phi) is 2.61. The van der Waals surface area contributed by atoms with Crippen molar-refractivity contribution in [2.24, 2.45) is 0 Å². The molecule has 2 heterocycles. The summed E-state index contributed by atoms with van der Waals surface area (Å²) < 4.78 is 0. The Morgan fingerprint density at radius 2 is 1.82 bits per heavy atom. The van der Waals surface area contributed by atoms with Crippen molar-refractivity contribution in [3.63, 3.8) is 0 Å². The number of carbonyl (C=O) groups excluding carboxylic acids is 1. The number of nitrogens with zero attached hydrogens (tertiary/aromatic N) is 1. The van der Waals surface area contributed by atoms with Crippen molar-refractivity contribution in [2.75, 3.05) is 24.2 Å². The van der Waals surface area contributed by atoms with Gasteiger partial charge in [0.25, 0.3) is 0 Å². The largest absolute Gasteiger partial charge is 0.399 e. The molecular formula is C18H20N2OSi. The van der Waals surface area contributed by atoms with Gasteiger partial charge in [-0.05, 0) is 52.7 Å². The molecule has 0 atom stereocenters. The minimum atomic E-state index is -1.90. The minimum Gasteiger partial charge on any atom is -0.399 e. The summed E-state index contributed by atoms with van der Waals surface area (Å²) in [6.07, 6.45) is 1.03. The van der Waals surface area contributed by atoms with E-state index < -0.39 is 8.07 Å². The van der Waals surface area contributed by atoms with Gasteiger partial charge >= 0.3 is 0 Å². The van der Waals surface area contributed by atoms with Gasteiger partial charge in [-0.2, -0.15) is 0 Å². The van der Waals surface area contributed by atoms with Crippen LogP contribution in [-0.2, 0) is 6.42 Å². The first kappa shape index (κ1) is 13.6. The van der Waals surface area contributed by atoms with Crippen molar-refractivity contribution in [2.45, 2.75) is 19.5 Å². The van der Waals surface area contributed by atoms with Crippen LogP contribution in [0, 0.1) is 0 Å². The number of nitrogen functional groups attached to an aromatic ring is 1. The first-order valence-electron chi connectivity index (χ1n) is 7.73. The number of fused-ring (bicyclic) bond motifs is 3. The standard InChI is InChI=1S/C18H20N2OSi/c1-20-7-6-11-8-14-17(10-15(11)20)22(2,3)16-9-12(19)4-5-13(16)18(14)21/h4-5,8-10H,6-7,19H2,1-3H3. The summed E-state index contributed by atoms with van der Waals surface area (Å²) >= 11 is 0. The molecule has 2 N–H and O–H groups in total. The molecule has 2 aliphatic rings. The van der Waals surface area contributed by atoms with Gasteiger partial charge in [-0.15, -0.1) is 0 Å².